The number of para-hydroxylation sites is 1. The zero-order chi connectivity index (χ0) is 35.0. The van der Waals surface area contributed by atoms with Crippen LogP contribution in [-0.2, 0) is 39.0 Å². The number of benzene rings is 4. The molecular weight excluding hydrogens is 677 g/mol. The Hall–Kier alpha value is -3.85. The molecule has 2 amide bonds. The Balaban J connectivity index is 1.60. The SMILES string of the molecule is CCc1ccccc1N(CC(=O)N(Cc1ccc(Cl)cc1Cl)[C@@H](Cc1ccccc1)C(=O)NC1CCCCC1)S(=O)(=O)c1ccc(C)cc1. The fourth-order valence-corrected chi connectivity index (χ4v) is 8.26. The summed E-state index contributed by atoms with van der Waals surface area (Å²) in [5, 5.41) is 4.01. The van der Waals surface area contributed by atoms with E-state index in [1.807, 2.05) is 56.3 Å². The topological polar surface area (TPSA) is 86.8 Å². The molecule has 1 N–H and O–H groups in total. The van der Waals surface area contributed by atoms with Gasteiger partial charge in [-0.05, 0) is 73.2 Å². The van der Waals surface area contributed by atoms with Crippen LogP contribution in [0.1, 0.15) is 61.3 Å². The number of halogens is 2. The van der Waals surface area contributed by atoms with Gasteiger partial charge in [0.1, 0.15) is 12.6 Å². The monoisotopic (exact) mass is 719 g/mol. The summed E-state index contributed by atoms with van der Waals surface area (Å²) in [5.74, 6) is -0.816. The Morgan fingerprint density at radius 3 is 2.20 bits per heavy atom. The molecule has 1 atom stereocenters. The first-order chi connectivity index (χ1) is 23.6. The number of anilines is 1. The van der Waals surface area contributed by atoms with Crippen LogP contribution in [0.5, 0.6) is 0 Å². The minimum Gasteiger partial charge on any atom is -0.352 e. The summed E-state index contributed by atoms with van der Waals surface area (Å²) in [4.78, 5) is 30.7. The molecule has 10 heteroatoms. The Labute approximate surface area is 300 Å². The van der Waals surface area contributed by atoms with E-state index in [0.29, 0.717) is 27.7 Å². The van der Waals surface area contributed by atoms with Crippen LogP contribution in [0.3, 0.4) is 0 Å². The van der Waals surface area contributed by atoms with E-state index in [2.05, 4.69) is 5.32 Å². The van der Waals surface area contributed by atoms with Gasteiger partial charge in [0, 0.05) is 29.1 Å². The molecule has 49 heavy (non-hydrogen) atoms. The molecule has 1 saturated carbocycles. The van der Waals surface area contributed by atoms with Crippen LogP contribution >= 0.6 is 23.2 Å². The van der Waals surface area contributed by atoms with Gasteiger partial charge < -0.3 is 10.2 Å². The molecule has 5 rings (SSSR count). The van der Waals surface area contributed by atoms with E-state index in [1.165, 1.54) is 9.21 Å². The second-order valence-corrected chi connectivity index (χ2v) is 15.3. The van der Waals surface area contributed by atoms with Gasteiger partial charge in [-0.1, -0.05) is 122 Å². The van der Waals surface area contributed by atoms with Gasteiger partial charge in [0.05, 0.1) is 10.6 Å². The van der Waals surface area contributed by atoms with Crippen molar-refractivity contribution in [2.24, 2.45) is 0 Å². The number of rotatable bonds is 13. The first kappa shape index (κ1) is 36.4. The first-order valence-corrected chi connectivity index (χ1v) is 19.0. The van der Waals surface area contributed by atoms with Crippen LogP contribution < -0.4 is 9.62 Å². The predicted molar refractivity (Wildman–Crippen MR) is 197 cm³/mol. The average molecular weight is 721 g/mol. The number of carbonyl (C=O) groups excluding carboxylic acids is 2. The Morgan fingerprint density at radius 2 is 1.53 bits per heavy atom. The van der Waals surface area contributed by atoms with Gasteiger partial charge in [0.25, 0.3) is 10.0 Å². The molecular formula is C39H43Cl2N3O4S. The van der Waals surface area contributed by atoms with E-state index in [4.69, 9.17) is 23.2 Å². The highest BCUT2D eigenvalue weighted by molar-refractivity contribution is 7.92. The summed E-state index contributed by atoms with van der Waals surface area (Å²) in [7, 11) is -4.20. The summed E-state index contributed by atoms with van der Waals surface area (Å²) in [6.07, 6.45) is 5.71. The highest BCUT2D eigenvalue weighted by Crippen LogP contribution is 2.30. The lowest BCUT2D eigenvalue weighted by Gasteiger charge is -2.35. The molecule has 0 aromatic heterocycles. The minimum atomic E-state index is -4.20. The maximum absolute atomic E-state index is 14.8. The van der Waals surface area contributed by atoms with Crippen molar-refractivity contribution in [2.45, 2.75) is 82.3 Å². The third-order valence-electron chi connectivity index (χ3n) is 9.11. The van der Waals surface area contributed by atoms with Crippen molar-refractivity contribution in [3.8, 4) is 0 Å². The quantitative estimate of drug-likeness (QED) is 0.151. The largest absolute Gasteiger partial charge is 0.352 e. The number of hydrogen-bond acceptors (Lipinski definition) is 4. The normalized spacial score (nSPS) is 14.2. The molecule has 7 nitrogen and oxygen atoms in total. The second-order valence-electron chi connectivity index (χ2n) is 12.6. The van der Waals surface area contributed by atoms with E-state index >= 15 is 0 Å². The number of carbonyl (C=O) groups is 2. The van der Waals surface area contributed by atoms with Gasteiger partial charge in [0.2, 0.25) is 11.8 Å². The van der Waals surface area contributed by atoms with E-state index in [0.717, 1.165) is 48.8 Å². The maximum Gasteiger partial charge on any atom is 0.264 e. The summed E-state index contributed by atoms with van der Waals surface area (Å²) < 4.78 is 30.0. The van der Waals surface area contributed by atoms with Crippen molar-refractivity contribution in [1.29, 1.82) is 0 Å². The molecule has 0 saturated heterocycles. The number of amides is 2. The second kappa shape index (κ2) is 16.7. The zero-order valence-corrected chi connectivity index (χ0v) is 30.3. The molecule has 4 aromatic carbocycles. The lowest BCUT2D eigenvalue weighted by Crippen LogP contribution is -2.55. The predicted octanol–water partition coefficient (Wildman–Crippen LogP) is 8.15. The Morgan fingerprint density at radius 1 is 0.857 bits per heavy atom. The van der Waals surface area contributed by atoms with Crippen molar-refractivity contribution in [3.63, 3.8) is 0 Å². The molecule has 1 aliphatic carbocycles. The average Bonchev–Trinajstić information content (AvgIpc) is 3.10. The van der Waals surface area contributed by atoms with Crippen molar-refractivity contribution >= 4 is 50.7 Å². The molecule has 4 aromatic rings. The lowest BCUT2D eigenvalue weighted by atomic mass is 9.94. The van der Waals surface area contributed by atoms with Crippen LogP contribution in [0, 0.1) is 6.92 Å². The van der Waals surface area contributed by atoms with E-state index < -0.39 is 28.5 Å². The maximum atomic E-state index is 14.8. The van der Waals surface area contributed by atoms with Crippen molar-refractivity contribution in [1.82, 2.24) is 10.2 Å². The molecule has 0 heterocycles. The highest BCUT2D eigenvalue weighted by atomic mass is 35.5. The molecule has 1 aliphatic rings. The third-order valence-corrected chi connectivity index (χ3v) is 11.5. The summed E-state index contributed by atoms with van der Waals surface area (Å²) >= 11 is 12.9. The molecule has 0 bridgehead atoms. The van der Waals surface area contributed by atoms with Crippen LogP contribution in [0.4, 0.5) is 5.69 Å². The Kier molecular flexibility index (Phi) is 12.4. The molecule has 1 fully saturated rings. The standard InChI is InChI=1S/C39H43Cl2N3O4S/c1-3-30-14-10-11-17-36(30)44(49(47,48)34-22-18-28(2)19-23-34)27-38(45)43(26-31-20-21-32(40)25-35(31)41)37(24-29-12-6-4-7-13-29)39(46)42-33-15-8-5-9-16-33/h4,6-7,10-14,17-23,25,33,37H,3,5,8-9,15-16,24,26-27H2,1-2H3,(H,42,46)/t37-/m0/s1. The summed E-state index contributed by atoms with van der Waals surface area (Å²) in [6.45, 7) is 3.27. The number of aryl methyl sites for hydroxylation is 2. The van der Waals surface area contributed by atoms with Gasteiger partial charge in [0.15, 0.2) is 0 Å². The smallest absolute Gasteiger partial charge is 0.264 e. The number of nitrogens with one attached hydrogen (secondary N) is 1. The first-order valence-electron chi connectivity index (χ1n) is 16.8. The van der Waals surface area contributed by atoms with Gasteiger partial charge in [-0.15, -0.1) is 0 Å². The molecule has 0 unspecified atom stereocenters. The van der Waals surface area contributed by atoms with Crippen LogP contribution in [0.15, 0.2) is 102 Å². The fraction of sp³-hybridized carbons (Fsp3) is 0.333. The molecule has 0 aliphatic heterocycles. The lowest BCUT2D eigenvalue weighted by molar-refractivity contribution is -0.140. The van der Waals surface area contributed by atoms with Crippen molar-refractivity contribution in [3.05, 3.63) is 129 Å². The third kappa shape index (κ3) is 9.24. The van der Waals surface area contributed by atoms with Gasteiger partial charge in [-0.25, -0.2) is 8.42 Å². The van der Waals surface area contributed by atoms with Gasteiger partial charge >= 0.3 is 0 Å². The van der Waals surface area contributed by atoms with Gasteiger partial charge in [-0.3, -0.25) is 13.9 Å². The molecule has 0 spiro atoms. The zero-order valence-electron chi connectivity index (χ0n) is 27.9. The summed E-state index contributed by atoms with van der Waals surface area (Å²) in [6, 6.07) is 27.4. The van der Waals surface area contributed by atoms with E-state index in [9.17, 15) is 18.0 Å². The van der Waals surface area contributed by atoms with Crippen LogP contribution in [0.2, 0.25) is 10.0 Å². The highest BCUT2D eigenvalue weighted by Gasteiger charge is 2.36. The van der Waals surface area contributed by atoms with Crippen molar-refractivity contribution in [2.75, 3.05) is 10.8 Å². The van der Waals surface area contributed by atoms with Gasteiger partial charge in [-0.2, -0.15) is 0 Å². The van der Waals surface area contributed by atoms with Crippen LogP contribution in [0.25, 0.3) is 0 Å². The number of sulfonamides is 1. The molecule has 258 valence electrons. The number of nitrogens with zero attached hydrogens (tertiary/aromatic N) is 2. The molecule has 0 radical (unpaired) electrons. The van der Waals surface area contributed by atoms with E-state index in [-0.39, 0.29) is 29.8 Å². The van der Waals surface area contributed by atoms with Crippen LogP contribution in [-0.4, -0.2) is 43.8 Å². The Bertz CT molecular complexity index is 1850. The fourth-order valence-electron chi connectivity index (χ4n) is 6.34. The van der Waals surface area contributed by atoms with Crippen molar-refractivity contribution < 1.29 is 18.0 Å². The minimum absolute atomic E-state index is 0.00504. The number of hydrogen-bond donors (Lipinski definition) is 1. The van der Waals surface area contributed by atoms with E-state index in [1.54, 1.807) is 54.6 Å². The summed E-state index contributed by atoms with van der Waals surface area (Å²) in [5.41, 5.74) is 3.55.